The summed E-state index contributed by atoms with van der Waals surface area (Å²) in [5.41, 5.74) is 2.54. The molecule has 6 heteroatoms. The number of carbonyl (C=O) groups is 2. The Balaban J connectivity index is 2.17. The molecule has 0 aromatic heterocycles. The fraction of sp³-hybridized carbons (Fsp3) is 0.579. The summed E-state index contributed by atoms with van der Waals surface area (Å²) in [5.74, 6) is -0.313. The molecular weight excluding hydrogens is 322 g/mol. The number of benzene rings is 1. The van der Waals surface area contributed by atoms with Gasteiger partial charge < -0.3 is 14.6 Å². The number of nitrogens with zero attached hydrogens (tertiary/aromatic N) is 1. The normalized spacial score (nSPS) is 20.5. The van der Waals surface area contributed by atoms with Crippen molar-refractivity contribution in [2.24, 2.45) is 0 Å². The Hall–Kier alpha value is -2.24. The molecule has 1 aliphatic heterocycles. The van der Waals surface area contributed by atoms with Gasteiger partial charge in [-0.15, -0.1) is 0 Å². The number of carboxylic acid groups (broad SMARTS) is 1. The molecule has 2 atom stereocenters. The zero-order chi connectivity index (χ0) is 18.9. The van der Waals surface area contributed by atoms with E-state index in [-0.39, 0.29) is 19.1 Å². The molecule has 6 nitrogen and oxygen atoms in total. The first-order valence-electron chi connectivity index (χ1n) is 8.45. The lowest BCUT2D eigenvalue weighted by atomic mass is 10.1. The lowest BCUT2D eigenvalue weighted by Gasteiger charge is -2.26. The monoisotopic (exact) mass is 349 g/mol. The second kappa shape index (κ2) is 6.94. The van der Waals surface area contributed by atoms with Crippen LogP contribution in [0.3, 0.4) is 0 Å². The van der Waals surface area contributed by atoms with Gasteiger partial charge in [0.05, 0.1) is 6.54 Å². The average molecular weight is 349 g/mol. The average Bonchev–Trinajstić information content (AvgIpc) is 2.86. The van der Waals surface area contributed by atoms with Gasteiger partial charge in [-0.2, -0.15) is 0 Å². The van der Waals surface area contributed by atoms with Gasteiger partial charge in [-0.1, -0.05) is 6.07 Å². The van der Waals surface area contributed by atoms with Crippen LogP contribution in [0.5, 0.6) is 5.75 Å². The molecule has 0 spiro atoms. The molecule has 1 aromatic carbocycles. The summed E-state index contributed by atoms with van der Waals surface area (Å²) < 4.78 is 11.4. The third-order valence-corrected chi connectivity index (χ3v) is 4.23. The molecule has 1 heterocycles. The molecule has 1 aromatic rings. The van der Waals surface area contributed by atoms with E-state index in [1.54, 1.807) is 20.8 Å². The lowest BCUT2D eigenvalue weighted by molar-refractivity contribution is -0.142. The van der Waals surface area contributed by atoms with Gasteiger partial charge in [0.2, 0.25) is 0 Å². The fourth-order valence-electron chi connectivity index (χ4n) is 2.94. The van der Waals surface area contributed by atoms with Gasteiger partial charge in [-0.25, -0.2) is 9.59 Å². The van der Waals surface area contributed by atoms with E-state index in [1.807, 2.05) is 26.8 Å². The summed E-state index contributed by atoms with van der Waals surface area (Å²) in [6, 6.07) is 3.07. The van der Waals surface area contributed by atoms with Gasteiger partial charge >= 0.3 is 12.1 Å². The van der Waals surface area contributed by atoms with Crippen LogP contribution in [0.2, 0.25) is 0 Å². The Labute approximate surface area is 148 Å². The van der Waals surface area contributed by atoms with Crippen LogP contribution in [0.15, 0.2) is 12.1 Å². The molecule has 0 aliphatic carbocycles. The maximum atomic E-state index is 12.3. The molecule has 0 radical (unpaired) electrons. The standard InChI is InChI=1S/C19H27NO5/c1-11-7-12(2)13(3)16(8-11)24-14-9-15(17(21)22)20(10-14)18(23)25-19(4,5)6/h7-8,14-15H,9-10H2,1-6H3,(H,21,22)/t14-,15-/m1/s1. The third kappa shape index (κ3) is 4.65. The molecule has 1 fully saturated rings. The first-order valence-corrected chi connectivity index (χ1v) is 8.45. The van der Waals surface area contributed by atoms with E-state index in [4.69, 9.17) is 9.47 Å². The summed E-state index contributed by atoms with van der Waals surface area (Å²) in [6.07, 6.45) is -0.766. The molecule has 1 N–H and O–H groups in total. The minimum Gasteiger partial charge on any atom is -0.488 e. The minimum absolute atomic E-state index is 0.193. The van der Waals surface area contributed by atoms with E-state index in [2.05, 4.69) is 6.07 Å². The molecular formula is C19H27NO5. The number of likely N-dealkylation sites (tertiary alicyclic amines) is 1. The maximum Gasteiger partial charge on any atom is 0.411 e. The molecule has 2 rings (SSSR count). The third-order valence-electron chi connectivity index (χ3n) is 4.23. The predicted octanol–water partition coefficient (Wildman–Crippen LogP) is 3.45. The number of rotatable bonds is 3. The quantitative estimate of drug-likeness (QED) is 0.904. The Bertz CT molecular complexity index is 677. The summed E-state index contributed by atoms with van der Waals surface area (Å²) in [4.78, 5) is 25.1. The summed E-state index contributed by atoms with van der Waals surface area (Å²) in [7, 11) is 0. The van der Waals surface area contributed by atoms with Crippen LogP contribution in [0.4, 0.5) is 4.79 Å². The highest BCUT2D eigenvalue weighted by atomic mass is 16.6. The van der Waals surface area contributed by atoms with Gasteiger partial charge in [-0.05, 0) is 64.3 Å². The van der Waals surface area contributed by atoms with Crippen molar-refractivity contribution in [3.05, 3.63) is 28.8 Å². The highest BCUT2D eigenvalue weighted by Gasteiger charge is 2.42. The lowest BCUT2D eigenvalue weighted by Crippen LogP contribution is -2.43. The summed E-state index contributed by atoms with van der Waals surface area (Å²) in [5, 5.41) is 9.45. The van der Waals surface area contributed by atoms with E-state index in [0.29, 0.717) is 0 Å². The number of aliphatic carboxylic acids is 1. The molecule has 1 aliphatic rings. The zero-order valence-corrected chi connectivity index (χ0v) is 15.8. The number of aryl methyl sites for hydroxylation is 2. The van der Waals surface area contributed by atoms with Gasteiger partial charge in [0.15, 0.2) is 0 Å². The largest absolute Gasteiger partial charge is 0.488 e. The Morgan fingerprint density at radius 1 is 1.20 bits per heavy atom. The van der Waals surface area contributed by atoms with E-state index in [1.165, 1.54) is 4.90 Å². The van der Waals surface area contributed by atoms with E-state index in [9.17, 15) is 14.7 Å². The molecule has 0 unspecified atom stereocenters. The second-order valence-electron chi connectivity index (χ2n) is 7.67. The smallest absolute Gasteiger partial charge is 0.411 e. The van der Waals surface area contributed by atoms with Gasteiger partial charge in [0.1, 0.15) is 23.5 Å². The van der Waals surface area contributed by atoms with Crippen molar-refractivity contribution in [3.8, 4) is 5.75 Å². The molecule has 25 heavy (non-hydrogen) atoms. The van der Waals surface area contributed by atoms with Crippen LogP contribution in [0.25, 0.3) is 0 Å². The summed E-state index contributed by atoms with van der Waals surface area (Å²) >= 11 is 0. The van der Waals surface area contributed by atoms with Crippen molar-refractivity contribution in [1.29, 1.82) is 0 Å². The first kappa shape index (κ1) is 19.1. The van der Waals surface area contributed by atoms with Crippen LogP contribution in [-0.4, -0.2) is 46.4 Å². The van der Waals surface area contributed by atoms with Crippen molar-refractivity contribution >= 4 is 12.1 Å². The Morgan fingerprint density at radius 3 is 2.40 bits per heavy atom. The number of amides is 1. The van der Waals surface area contributed by atoms with Gasteiger partial charge in [-0.3, -0.25) is 4.90 Å². The predicted molar refractivity (Wildman–Crippen MR) is 94.0 cm³/mol. The van der Waals surface area contributed by atoms with Crippen molar-refractivity contribution < 1.29 is 24.2 Å². The first-order chi connectivity index (χ1) is 11.5. The molecule has 0 saturated carbocycles. The topological polar surface area (TPSA) is 76.1 Å². The van der Waals surface area contributed by atoms with E-state index >= 15 is 0 Å². The molecule has 138 valence electrons. The number of hydrogen-bond acceptors (Lipinski definition) is 4. The van der Waals surface area contributed by atoms with Crippen molar-refractivity contribution in [1.82, 2.24) is 4.90 Å². The van der Waals surface area contributed by atoms with E-state index < -0.39 is 23.7 Å². The van der Waals surface area contributed by atoms with Crippen molar-refractivity contribution in [2.45, 2.75) is 65.7 Å². The van der Waals surface area contributed by atoms with Crippen LogP contribution in [0, 0.1) is 20.8 Å². The number of hydrogen-bond donors (Lipinski definition) is 1. The van der Waals surface area contributed by atoms with Crippen LogP contribution < -0.4 is 4.74 Å². The van der Waals surface area contributed by atoms with Gasteiger partial charge in [0.25, 0.3) is 0 Å². The van der Waals surface area contributed by atoms with Crippen molar-refractivity contribution in [3.63, 3.8) is 0 Å². The van der Waals surface area contributed by atoms with Crippen LogP contribution >= 0.6 is 0 Å². The van der Waals surface area contributed by atoms with Crippen LogP contribution in [0.1, 0.15) is 43.9 Å². The number of carbonyl (C=O) groups excluding carboxylic acids is 1. The SMILES string of the molecule is Cc1cc(C)c(C)c(O[C@@H]2C[C@H](C(=O)O)N(C(=O)OC(C)(C)C)C2)c1. The Kier molecular flexibility index (Phi) is 5.30. The fourth-order valence-corrected chi connectivity index (χ4v) is 2.94. The highest BCUT2D eigenvalue weighted by Crippen LogP contribution is 2.29. The molecule has 0 bridgehead atoms. The highest BCUT2D eigenvalue weighted by molar-refractivity contribution is 5.81. The Morgan fingerprint density at radius 2 is 1.84 bits per heavy atom. The maximum absolute atomic E-state index is 12.3. The minimum atomic E-state index is -1.05. The summed E-state index contributed by atoms with van der Waals surface area (Å²) in [6.45, 7) is 11.4. The molecule has 1 amide bonds. The number of ether oxygens (including phenoxy) is 2. The van der Waals surface area contributed by atoms with Crippen molar-refractivity contribution in [2.75, 3.05) is 6.54 Å². The van der Waals surface area contributed by atoms with Gasteiger partial charge in [0, 0.05) is 6.42 Å². The number of carboxylic acids is 1. The van der Waals surface area contributed by atoms with Crippen LogP contribution in [-0.2, 0) is 9.53 Å². The second-order valence-corrected chi connectivity index (χ2v) is 7.67. The van der Waals surface area contributed by atoms with E-state index in [0.717, 1.165) is 22.4 Å². The molecule has 1 saturated heterocycles. The zero-order valence-electron chi connectivity index (χ0n) is 15.8.